The molecule has 0 fully saturated rings. The zero-order chi connectivity index (χ0) is 26.2. The first-order chi connectivity index (χ1) is 18.4. The molecule has 0 radical (unpaired) electrons. The van der Waals surface area contributed by atoms with Crippen LogP contribution in [-0.2, 0) is 6.54 Å². The third-order valence-corrected chi connectivity index (χ3v) is 6.68. The quantitative estimate of drug-likeness (QED) is 0.288. The van der Waals surface area contributed by atoms with Crippen molar-refractivity contribution in [3.63, 3.8) is 0 Å². The fourth-order valence-electron chi connectivity index (χ4n) is 3.76. The number of nitrogens with one attached hydrogen (secondary N) is 2. The van der Waals surface area contributed by atoms with Crippen LogP contribution in [0.4, 0.5) is 11.5 Å². The summed E-state index contributed by atoms with van der Waals surface area (Å²) in [5.74, 6) is -0.732. The number of carbonyl (C=O) groups excluding carboxylic acids is 2. The van der Waals surface area contributed by atoms with E-state index in [0.29, 0.717) is 22.9 Å². The number of hydrogen-bond donors (Lipinski definition) is 3. The van der Waals surface area contributed by atoms with Gasteiger partial charge >= 0.3 is 5.91 Å². The predicted molar refractivity (Wildman–Crippen MR) is 139 cm³/mol. The SMILES string of the molecule is Cc1cccnc1-c1cc(C(=O)Nc2cnc3nc(C(=O)NCc4cc5cnc(N)cc5s4)oc3c2)on1. The summed E-state index contributed by atoms with van der Waals surface area (Å²) in [5, 5.41) is 10.3. The van der Waals surface area contributed by atoms with Crippen molar-refractivity contribution in [2.24, 2.45) is 0 Å². The molecule has 0 aliphatic carbocycles. The number of pyridine rings is 3. The average Bonchev–Trinajstić information content (AvgIpc) is 3.65. The van der Waals surface area contributed by atoms with Crippen LogP contribution >= 0.6 is 11.3 Å². The molecule has 38 heavy (non-hydrogen) atoms. The summed E-state index contributed by atoms with van der Waals surface area (Å²) < 4.78 is 11.8. The number of oxazole rings is 1. The summed E-state index contributed by atoms with van der Waals surface area (Å²) in [6.45, 7) is 2.17. The van der Waals surface area contributed by atoms with E-state index in [2.05, 4.69) is 35.7 Å². The van der Waals surface area contributed by atoms with Crippen molar-refractivity contribution in [1.29, 1.82) is 0 Å². The van der Waals surface area contributed by atoms with E-state index in [1.807, 2.05) is 25.1 Å². The van der Waals surface area contributed by atoms with Crippen molar-refractivity contribution in [3.05, 3.63) is 77.1 Å². The Balaban J connectivity index is 1.13. The first-order valence-corrected chi connectivity index (χ1v) is 12.1. The summed E-state index contributed by atoms with van der Waals surface area (Å²) in [6.07, 6.45) is 4.74. The molecule has 0 spiro atoms. The van der Waals surface area contributed by atoms with E-state index in [0.717, 1.165) is 20.5 Å². The van der Waals surface area contributed by atoms with E-state index in [4.69, 9.17) is 14.7 Å². The average molecular weight is 527 g/mol. The van der Waals surface area contributed by atoms with Gasteiger partial charge in [0.1, 0.15) is 11.5 Å². The summed E-state index contributed by atoms with van der Waals surface area (Å²) in [7, 11) is 0. The molecular formula is C25H18N8O4S. The fourth-order valence-corrected chi connectivity index (χ4v) is 4.78. The number of thiophene rings is 1. The number of nitrogens with zero attached hydrogens (tertiary/aromatic N) is 5. The maximum absolute atomic E-state index is 12.7. The lowest BCUT2D eigenvalue weighted by molar-refractivity contribution is 0.0918. The third kappa shape index (κ3) is 4.53. The fraction of sp³-hybridized carbons (Fsp3) is 0.0800. The standard InChI is InChI=1S/C25H18N8O4S/c1-12-3-2-4-27-21(12)16-7-18(37-33-16)23(34)31-14-6-17-22(29-10-14)32-25(36-17)24(35)30-11-15-5-13-9-28-20(26)8-19(13)38-15/h2-10H,11H2,1H3,(H2,26,28)(H,30,35)(H,31,34). The van der Waals surface area contributed by atoms with Gasteiger partial charge in [0.05, 0.1) is 24.1 Å². The second kappa shape index (κ2) is 9.37. The molecule has 0 atom stereocenters. The number of amides is 2. The number of rotatable bonds is 6. The number of hydrogen-bond acceptors (Lipinski definition) is 11. The molecule has 0 aliphatic rings. The maximum Gasteiger partial charge on any atom is 0.307 e. The molecule has 0 saturated heterocycles. The molecular weight excluding hydrogens is 508 g/mol. The van der Waals surface area contributed by atoms with E-state index in [1.54, 1.807) is 18.5 Å². The topological polar surface area (TPSA) is 175 Å². The van der Waals surface area contributed by atoms with Crippen LogP contribution in [0.5, 0.6) is 0 Å². The zero-order valence-electron chi connectivity index (χ0n) is 19.8. The van der Waals surface area contributed by atoms with E-state index in [9.17, 15) is 9.59 Å². The molecule has 6 aromatic heterocycles. The highest BCUT2D eigenvalue weighted by Gasteiger charge is 2.19. The number of nitrogen functional groups attached to an aromatic ring is 1. The molecule has 188 valence electrons. The van der Waals surface area contributed by atoms with E-state index in [-0.39, 0.29) is 29.4 Å². The lowest BCUT2D eigenvalue weighted by Crippen LogP contribution is -2.22. The number of fused-ring (bicyclic) bond motifs is 2. The first kappa shape index (κ1) is 23.2. The number of anilines is 2. The Bertz CT molecular complexity index is 1840. The summed E-state index contributed by atoms with van der Waals surface area (Å²) in [5.41, 5.74) is 8.49. The Labute approximate surface area is 217 Å². The van der Waals surface area contributed by atoms with Crippen molar-refractivity contribution in [3.8, 4) is 11.4 Å². The van der Waals surface area contributed by atoms with Gasteiger partial charge in [-0.05, 0) is 30.7 Å². The number of carbonyl (C=O) groups is 2. The number of aryl methyl sites for hydroxylation is 1. The van der Waals surface area contributed by atoms with Gasteiger partial charge in [0.15, 0.2) is 11.2 Å². The van der Waals surface area contributed by atoms with Gasteiger partial charge in [0, 0.05) is 39.5 Å². The third-order valence-electron chi connectivity index (χ3n) is 5.58. The Morgan fingerprint density at radius 1 is 1.08 bits per heavy atom. The van der Waals surface area contributed by atoms with Gasteiger partial charge in [-0.25, -0.2) is 9.97 Å². The van der Waals surface area contributed by atoms with Gasteiger partial charge in [0.25, 0.3) is 11.8 Å². The van der Waals surface area contributed by atoms with Gasteiger partial charge in [0.2, 0.25) is 5.76 Å². The normalized spacial score (nSPS) is 11.2. The second-order valence-corrected chi connectivity index (χ2v) is 9.47. The van der Waals surface area contributed by atoms with Gasteiger partial charge in [-0.2, -0.15) is 4.98 Å². The molecule has 13 heteroatoms. The zero-order valence-corrected chi connectivity index (χ0v) is 20.6. The van der Waals surface area contributed by atoms with E-state index >= 15 is 0 Å². The number of aromatic nitrogens is 5. The van der Waals surface area contributed by atoms with Crippen LogP contribution in [0.3, 0.4) is 0 Å². The monoisotopic (exact) mass is 526 g/mol. The highest BCUT2D eigenvalue weighted by atomic mass is 32.1. The number of nitrogens with two attached hydrogens (primary N) is 1. The smallest absolute Gasteiger partial charge is 0.307 e. The van der Waals surface area contributed by atoms with E-state index < -0.39 is 11.8 Å². The second-order valence-electron chi connectivity index (χ2n) is 8.31. The van der Waals surface area contributed by atoms with Crippen LogP contribution in [0.15, 0.2) is 63.9 Å². The summed E-state index contributed by atoms with van der Waals surface area (Å²) >= 11 is 1.51. The van der Waals surface area contributed by atoms with Gasteiger partial charge in [-0.3, -0.25) is 14.6 Å². The first-order valence-electron chi connectivity index (χ1n) is 11.3. The van der Waals surface area contributed by atoms with Crippen LogP contribution < -0.4 is 16.4 Å². The minimum absolute atomic E-state index is 0.00231. The molecule has 4 N–H and O–H groups in total. The lowest BCUT2D eigenvalue weighted by Gasteiger charge is -2.01. The Morgan fingerprint density at radius 2 is 1.97 bits per heavy atom. The van der Waals surface area contributed by atoms with Gasteiger partial charge < -0.3 is 25.3 Å². The van der Waals surface area contributed by atoms with Crippen LogP contribution in [0.1, 0.15) is 31.7 Å². The van der Waals surface area contributed by atoms with Crippen molar-refractivity contribution in [1.82, 2.24) is 30.4 Å². The van der Waals surface area contributed by atoms with Gasteiger partial charge in [-0.15, -0.1) is 11.3 Å². The van der Waals surface area contributed by atoms with Crippen LogP contribution in [0.2, 0.25) is 0 Å². The predicted octanol–water partition coefficient (Wildman–Crippen LogP) is 3.96. The minimum atomic E-state index is -0.531. The highest BCUT2D eigenvalue weighted by molar-refractivity contribution is 7.19. The Morgan fingerprint density at radius 3 is 2.84 bits per heavy atom. The highest BCUT2D eigenvalue weighted by Crippen LogP contribution is 2.26. The minimum Gasteiger partial charge on any atom is -0.430 e. The molecule has 6 rings (SSSR count). The molecule has 2 amide bonds. The maximum atomic E-state index is 12.7. The van der Waals surface area contributed by atoms with Crippen molar-refractivity contribution < 1.29 is 18.5 Å². The molecule has 6 heterocycles. The van der Waals surface area contributed by atoms with Crippen LogP contribution in [0, 0.1) is 6.92 Å². The lowest BCUT2D eigenvalue weighted by atomic mass is 10.1. The Hall–Kier alpha value is -5.17. The molecule has 0 aliphatic heterocycles. The van der Waals surface area contributed by atoms with E-state index in [1.165, 1.54) is 29.7 Å². The molecule has 0 bridgehead atoms. The van der Waals surface area contributed by atoms with Gasteiger partial charge in [-0.1, -0.05) is 11.2 Å². The molecule has 0 unspecified atom stereocenters. The van der Waals surface area contributed by atoms with Crippen molar-refractivity contribution in [2.75, 3.05) is 11.1 Å². The molecule has 12 nitrogen and oxygen atoms in total. The van der Waals surface area contributed by atoms with Crippen LogP contribution in [-0.4, -0.2) is 36.9 Å². The van der Waals surface area contributed by atoms with Crippen molar-refractivity contribution >= 4 is 56.0 Å². The van der Waals surface area contributed by atoms with Crippen molar-refractivity contribution in [2.45, 2.75) is 13.5 Å². The summed E-state index contributed by atoms with van der Waals surface area (Å²) in [4.78, 5) is 42.9. The molecule has 0 saturated carbocycles. The summed E-state index contributed by atoms with van der Waals surface area (Å²) in [6, 6.07) is 10.5. The Kier molecular flexibility index (Phi) is 5.73. The largest absolute Gasteiger partial charge is 0.430 e. The van der Waals surface area contributed by atoms with Crippen LogP contribution in [0.25, 0.3) is 32.7 Å². The molecule has 0 aromatic carbocycles. The molecule has 6 aromatic rings.